The van der Waals surface area contributed by atoms with Gasteiger partial charge in [-0.1, -0.05) is 58.3 Å². The first-order valence-corrected chi connectivity index (χ1v) is 9.03. The van der Waals surface area contributed by atoms with Crippen molar-refractivity contribution < 1.29 is 14.3 Å². The molecule has 0 radical (unpaired) electrons. The minimum absolute atomic E-state index is 0.0685. The van der Waals surface area contributed by atoms with E-state index in [1.54, 1.807) is 6.92 Å². The van der Waals surface area contributed by atoms with E-state index in [0.29, 0.717) is 6.42 Å². The zero-order valence-electron chi connectivity index (χ0n) is 14.4. The van der Waals surface area contributed by atoms with Gasteiger partial charge in [0.15, 0.2) is 5.11 Å². The molecule has 0 saturated heterocycles. The summed E-state index contributed by atoms with van der Waals surface area (Å²) in [6.07, 6.45) is 10.7. The molecule has 0 spiro atoms. The first kappa shape index (κ1) is 21.6. The van der Waals surface area contributed by atoms with E-state index < -0.39 is 6.09 Å². The van der Waals surface area contributed by atoms with Crippen molar-refractivity contribution in [2.75, 3.05) is 6.61 Å². The van der Waals surface area contributed by atoms with Gasteiger partial charge in [0, 0.05) is 6.42 Å². The number of carbonyl (C=O) groups excluding carboxylic acids is 2. The second kappa shape index (κ2) is 15.5. The van der Waals surface area contributed by atoms with E-state index in [2.05, 4.69) is 27.8 Å². The van der Waals surface area contributed by atoms with Crippen LogP contribution in [0.3, 0.4) is 0 Å². The Morgan fingerprint density at radius 1 is 0.870 bits per heavy atom. The molecular weight excluding hydrogens is 314 g/mol. The van der Waals surface area contributed by atoms with Gasteiger partial charge in [-0.3, -0.25) is 10.2 Å². The summed E-state index contributed by atoms with van der Waals surface area (Å²) >= 11 is 4.89. The smallest absolute Gasteiger partial charge is 0.425 e. The fraction of sp³-hybridized carbons (Fsp3) is 0.812. The van der Waals surface area contributed by atoms with Crippen LogP contribution in [0.25, 0.3) is 0 Å². The van der Waals surface area contributed by atoms with Crippen LogP contribution >= 0.6 is 12.2 Å². The SMILES string of the molecule is CCCCCCCCCCCC(=O)NC(=S)NNC(=O)OCC. The maximum absolute atomic E-state index is 11.6. The van der Waals surface area contributed by atoms with Crippen molar-refractivity contribution in [1.82, 2.24) is 16.2 Å². The molecule has 0 heterocycles. The molecule has 0 unspecified atom stereocenters. The van der Waals surface area contributed by atoms with Crippen molar-refractivity contribution in [3.63, 3.8) is 0 Å². The van der Waals surface area contributed by atoms with Gasteiger partial charge >= 0.3 is 6.09 Å². The molecule has 6 nitrogen and oxygen atoms in total. The number of ether oxygens (including phenoxy) is 1. The van der Waals surface area contributed by atoms with E-state index in [1.165, 1.54) is 44.9 Å². The molecule has 0 aromatic rings. The van der Waals surface area contributed by atoms with Crippen LogP contribution in [-0.2, 0) is 9.53 Å². The lowest BCUT2D eigenvalue weighted by atomic mass is 10.1. The Balaban J connectivity index is 3.45. The second-order valence-corrected chi connectivity index (χ2v) is 5.83. The number of thiocarbonyl (C=S) groups is 1. The average molecular weight is 346 g/mol. The largest absolute Gasteiger partial charge is 0.449 e. The van der Waals surface area contributed by atoms with Gasteiger partial charge in [-0.2, -0.15) is 0 Å². The number of carbonyl (C=O) groups is 2. The van der Waals surface area contributed by atoms with E-state index >= 15 is 0 Å². The van der Waals surface area contributed by atoms with Gasteiger partial charge in [0.1, 0.15) is 0 Å². The predicted molar refractivity (Wildman–Crippen MR) is 95.9 cm³/mol. The molecule has 0 aliphatic heterocycles. The molecule has 0 rings (SSSR count). The van der Waals surface area contributed by atoms with E-state index in [-0.39, 0.29) is 17.6 Å². The van der Waals surface area contributed by atoms with Crippen molar-refractivity contribution in [3.05, 3.63) is 0 Å². The van der Waals surface area contributed by atoms with Crippen LogP contribution in [0.15, 0.2) is 0 Å². The van der Waals surface area contributed by atoms with Crippen LogP contribution in [0.1, 0.15) is 78.1 Å². The van der Waals surface area contributed by atoms with Gasteiger partial charge in [-0.25, -0.2) is 10.2 Å². The van der Waals surface area contributed by atoms with Crippen molar-refractivity contribution in [3.8, 4) is 0 Å². The van der Waals surface area contributed by atoms with Gasteiger partial charge in [-0.15, -0.1) is 0 Å². The summed E-state index contributed by atoms with van der Waals surface area (Å²) in [4.78, 5) is 22.7. The van der Waals surface area contributed by atoms with Crippen LogP contribution in [0.5, 0.6) is 0 Å². The average Bonchev–Trinajstić information content (AvgIpc) is 2.51. The zero-order chi connectivity index (χ0) is 17.3. The summed E-state index contributed by atoms with van der Waals surface area (Å²) in [5.74, 6) is -0.142. The minimum atomic E-state index is -0.636. The molecule has 0 bridgehead atoms. The van der Waals surface area contributed by atoms with Crippen LogP contribution in [0.2, 0.25) is 0 Å². The third-order valence-electron chi connectivity index (χ3n) is 3.31. The highest BCUT2D eigenvalue weighted by atomic mass is 32.1. The highest BCUT2D eigenvalue weighted by Gasteiger charge is 2.05. The summed E-state index contributed by atoms with van der Waals surface area (Å²) < 4.78 is 4.65. The standard InChI is InChI=1S/C16H31N3O3S/c1-3-5-6-7-8-9-10-11-12-13-14(20)17-15(23)18-19-16(21)22-4-2/h3-13H2,1-2H3,(H,19,21)(H2,17,18,20,23). The quantitative estimate of drug-likeness (QED) is 0.303. The maximum Gasteiger partial charge on any atom is 0.425 e. The number of amides is 2. The zero-order valence-corrected chi connectivity index (χ0v) is 15.2. The summed E-state index contributed by atoms with van der Waals surface area (Å²) in [6.45, 7) is 4.19. The highest BCUT2D eigenvalue weighted by molar-refractivity contribution is 7.80. The van der Waals surface area contributed by atoms with Crippen molar-refractivity contribution >= 4 is 29.3 Å². The predicted octanol–water partition coefficient (Wildman–Crippen LogP) is 3.56. The molecule has 7 heteroatoms. The number of hydrazine groups is 1. The van der Waals surface area contributed by atoms with Gasteiger partial charge in [0.05, 0.1) is 6.61 Å². The van der Waals surface area contributed by atoms with Crippen LogP contribution in [-0.4, -0.2) is 23.7 Å². The van der Waals surface area contributed by atoms with E-state index in [9.17, 15) is 9.59 Å². The molecule has 2 amide bonds. The molecule has 0 fully saturated rings. The second-order valence-electron chi connectivity index (χ2n) is 5.43. The van der Waals surface area contributed by atoms with Crippen LogP contribution < -0.4 is 16.2 Å². The molecule has 23 heavy (non-hydrogen) atoms. The van der Waals surface area contributed by atoms with E-state index in [4.69, 9.17) is 12.2 Å². The first-order chi connectivity index (χ1) is 11.1. The summed E-state index contributed by atoms with van der Waals surface area (Å²) in [5.41, 5.74) is 4.63. The lowest BCUT2D eigenvalue weighted by molar-refractivity contribution is -0.119. The molecule has 0 saturated carbocycles. The molecule has 0 aliphatic carbocycles. The fourth-order valence-corrected chi connectivity index (χ4v) is 2.26. The highest BCUT2D eigenvalue weighted by Crippen LogP contribution is 2.10. The Labute approximate surface area is 145 Å². The molecule has 0 atom stereocenters. The van der Waals surface area contributed by atoms with Gasteiger partial charge in [-0.05, 0) is 25.6 Å². The number of unbranched alkanes of at least 4 members (excludes halogenated alkanes) is 8. The van der Waals surface area contributed by atoms with Gasteiger partial charge in [0.25, 0.3) is 0 Å². The molecular formula is C16H31N3O3S. The summed E-state index contributed by atoms with van der Waals surface area (Å²) in [5, 5.41) is 2.58. The monoisotopic (exact) mass is 345 g/mol. The van der Waals surface area contributed by atoms with Crippen LogP contribution in [0.4, 0.5) is 4.79 Å². The van der Waals surface area contributed by atoms with Gasteiger partial charge < -0.3 is 10.1 Å². The van der Waals surface area contributed by atoms with E-state index in [1.807, 2.05) is 0 Å². The third kappa shape index (κ3) is 15.3. The summed E-state index contributed by atoms with van der Waals surface area (Å²) in [6, 6.07) is 0. The Hall–Kier alpha value is -1.37. The maximum atomic E-state index is 11.6. The number of nitrogens with one attached hydrogen (secondary N) is 3. The Morgan fingerprint density at radius 2 is 1.43 bits per heavy atom. The number of rotatable bonds is 11. The van der Waals surface area contributed by atoms with Gasteiger partial charge in [0.2, 0.25) is 5.91 Å². The fourth-order valence-electron chi connectivity index (χ4n) is 2.09. The number of hydrogen-bond donors (Lipinski definition) is 3. The Bertz CT molecular complexity index is 351. The van der Waals surface area contributed by atoms with Crippen LogP contribution in [0, 0.1) is 0 Å². The summed E-state index contributed by atoms with van der Waals surface area (Å²) in [7, 11) is 0. The third-order valence-corrected chi connectivity index (χ3v) is 3.52. The molecule has 0 aliphatic rings. The Morgan fingerprint density at radius 3 is 2.00 bits per heavy atom. The normalized spacial score (nSPS) is 10.0. The van der Waals surface area contributed by atoms with E-state index in [0.717, 1.165) is 12.8 Å². The van der Waals surface area contributed by atoms with Crippen molar-refractivity contribution in [2.24, 2.45) is 0 Å². The molecule has 134 valence electrons. The molecule has 0 aromatic carbocycles. The van der Waals surface area contributed by atoms with Crippen molar-refractivity contribution in [1.29, 1.82) is 0 Å². The lowest BCUT2D eigenvalue weighted by Gasteiger charge is -2.10. The first-order valence-electron chi connectivity index (χ1n) is 8.62. The molecule has 0 aromatic heterocycles. The topological polar surface area (TPSA) is 79.5 Å². The molecule has 3 N–H and O–H groups in total. The lowest BCUT2D eigenvalue weighted by Crippen LogP contribution is -2.48. The Kier molecular flexibility index (Phi) is 14.6. The minimum Gasteiger partial charge on any atom is -0.449 e. The number of hydrogen-bond acceptors (Lipinski definition) is 4. The van der Waals surface area contributed by atoms with Crippen molar-refractivity contribution in [2.45, 2.75) is 78.1 Å².